The van der Waals surface area contributed by atoms with Crippen molar-refractivity contribution < 1.29 is 13.7 Å². The molecule has 5 aromatic rings. The smallest absolute Gasteiger partial charge is 0.278 e. The van der Waals surface area contributed by atoms with E-state index in [1.165, 1.54) is 17.0 Å². The van der Waals surface area contributed by atoms with Crippen LogP contribution in [-0.4, -0.2) is 36.2 Å². The minimum absolute atomic E-state index is 0.0997. The molecule has 1 aliphatic rings. The van der Waals surface area contributed by atoms with Crippen molar-refractivity contribution in [3.63, 3.8) is 0 Å². The molecule has 172 valence electrons. The zero-order chi connectivity index (χ0) is 23.3. The molecular formula is C24H21FN6O3. The molecule has 0 aliphatic heterocycles. The van der Waals surface area contributed by atoms with Crippen LogP contribution in [0.3, 0.4) is 0 Å². The lowest BCUT2D eigenvalue weighted by molar-refractivity contribution is -0.0342. The topological polar surface area (TPSA) is 100 Å². The molecule has 34 heavy (non-hydrogen) atoms. The summed E-state index contributed by atoms with van der Waals surface area (Å²) in [6.07, 6.45) is 6.71. The summed E-state index contributed by atoms with van der Waals surface area (Å²) in [5.41, 5.74) is 0.763. The van der Waals surface area contributed by atoms with Gasteiger partial charge in [-0.25, -0.2) is 9.37 Å². The van der Waals surface area contributed by atoms with E-state index in [1.807, 2.05) is 6.07 Å². The second kappa shape index (κ2) is 7.84. The minimum atomic E-state index is -0.615. The monoisotopic (exact) mass is 460 g/mol. The highest BCUT2D eigenvalue weighted by atomic mass is 19.1. The summed E-state index contributed by atoms with van der Waals surface area (Å²) in [7, 11) is 1.64. The predicted molar refractivity (Wildman–Crippen MR) is 121 cm³/mol. The molecule has 0 saturated heterocycles. The first-order valence-corrected chi connectivity index (χ1v) is 11.1. The van der Waals surface area contributed by atoms with Gasteiger partial charge in [-0.1, -0.05) is 17.3 Å². The molecule has 0 unspecified atom stereocenters. The Hall–Kier alpha value is -3.92. The number of pyridine rings is 1. The quantitative estimate of drug-likeness (QED) is 0.394. The highest BCUT2D eigenvalue weighted by Gasteiger charge is 2.41. The molecule has 6 rings (SSSR count). The van der Waals surface area contributed by atoms with Gasteiger partial charge in [0.1, 0.15) is 34.5 Å². The van der Waals surface area contributed by atoms with E-state index < -0.39 is 17.0 Å². The highest BCUT2D eigenvalue weighted by Crippen LogP contribution is 2.41. The second-order valence-corrected chi connectivity index (χ2v) is 8.46. The number of aromatic nitrogens is 6. The number of nitrogens with zero attached hydrogens (tertiary/aromatic N) is 6. The van der Waals surface area contributed by atoms with Crippen LogP contribution < -0.4 is 5.56 Å². The van der Waals surface area contributed by atoms with E-state index in [2.05, 4.69) is 20.1 Å². The van der Waals surface area contributed by atoms with Crippen molar-refractivity contribution in [3.05, 3.63) is 76.7 Å². The summed E-state index contributed by atoms with van der Waals surface area (Å²) < 4.78 is 29.2. The SMILES string of the molecule is COC1(c2nc(-c3ncn4c3c(=O)n(Cc3ccccn3)c3c(F)cccc34)no2)CCCC1. The number of para-hydroxylation sites is 1. The molecule has 0 atom stereocenters. The van der Waals surface area contributed by atoms with Crippen LogP contribution in [0.1, 0.15) is 37.3 Å². The fraction of sp³-hybridized carbons (Fsp3) is 0.292. The largest absolute Gasteiger partial charge is 0.368 e. The van der Waals surface area contributed by atoms with E-state index in [0.717, 1.165) is 25.7 Å². The van der Waals surface area contributed by atoms with Gasteiger partial charge in [0.25, 0.3) is 11.4 Å². The maximum Gasteiger partial charge on any atom is 0.278 e. The Morgan fingerprint density at radius 1 is 1.12 bits per heavy atom. The molecule has 0 bridgehead atoms. The van der Waals surface area contributed by atoms with Crippen LogP contribution in [0.2, 0.25) is 0 Å². The molecule has 1 saturated carbocycles. The lowest BCUT2D eigenvalue weighted by Crippen LogP contribution is -2.25. The molecule has 1 aliphatic carbocycles. The predicted octanol–water partition coefficient (Wildman–Crippen LogP) is 3.70. The van der Waals surface area contributed by atoms with E-state index in [0.29, 0.717) is 17.1 Å². The molecule has 0 spiro atoms. The minimum Gasteiger partial charge on any atom is -0.368 e. The van der Waals surface area contributed by atoms with Gasteiger partial charge in [-0.2, -0.15) is 4.98 Å². The summed E-state index contributed by atoms with van der Waals surface area (Å²) in [4.78, 5) is 27.0. The third-order valence-corrected chi connectivity index (χ3v) is 6.59. The van der Waals surface area contributed by atoms with Crippen molar-refractivity contribution >= 4 is 16.6 Å². The molecule has 9 nitrogen and oxygen atoms in total. The first kappa shape index (κ1) is 20.7. The molecule has 1 aromatic carbocycles. The fourth-order valence-corrected chi connectivity index (χ4v) is 4.85. The maximum atomic E-state index is 15.0. The molecule has 10 heteroatoms. The van der Waals surface area contributed by atoms with Gasteiger partial charge in [-0.05, 0) is 49.9 Å². The number of imidazole rings is 1. The molecule has 0 radical (unpaired) electrons. The van der Waals surface area contributed by atoms with E-state index in [-0.39, 0.29) is 29.1 Å². The van der Waals surface area contributed by atoms with Crippen LogP contribution in [0.15, 0.2) is 58.2 Å². The van der Waals surface area contributed by atoms with E-state index in [4.69, 9.17) is 9.26 Å². The highest BCUT2D eigenvalue weighted by molar-refractivity contribution is 5.84. The third kappa shape index (κ3) is 3.06. The number of benzene rings is 1. The van der Waals surface area contributed by atoms with Gasteiger partial charge in [0, 0.05) is 13.3 Å². The molecule has 4 aromatic heterocycles. The van der Waals surface area contributed by atoms with Crippen molar-refractivity contribution in [1.29, 1.82) is 0 Å². The number of hydrogen-bond donors (Lipinski definition) is 0. The summed E-state index contributed by atoms with van der Waals surface area (Å²) in [5.74, 6) is 0.0650. The van der Waals surface area contributed by atoms with Crippen LogP contribution in [0.25, 0.3) is 28.1 Å². The Balaban J connectivity index is 1.57. The summed E-state index contributed by atoms with van der Waals surface area (Å²) in [6, 6.07) is 10.1. The van der Waals surface area contributed by atoms with Crippen molar-refractivity contribution in [2.45, 2.75) is 37.8 Å². The summed E-state index contributed by atoms with van der Waals surface area (Å²) in [5, 5.41) is 4.12. The zero-order valence-corrected chi connectivity index (χ0v) is 18.4. The summed E-state index contributed by atoms with van der Waals surface area (Å²) in [6.45, 7) is 0.0997. The normalized spacial score (nSPS) is 15.5. The number of rotatable bonds is 5. The Kier molecular flexibility index (Phi) is 4.77. The van der Waals surface area contributed by atoms with Crippen LogP contribution in [0.5, 0.6) is 0 Å². The van der Waals surface area contributed by atoms with Crippen molar-refractivity contribution in [2.24, 2.45) is 0 Å². The maximum absolute atomic E-state index is 15.0. The zero-order valence-electron chi connectivity index (χ0n) is 18.4. The lowest BCUT2D eigenvalue weighted by atomic mass is 10.0. The van der Waals surface area contributed by atoms with Crippen LogP contribution >= 0.6 is 0 Å². The van der Waals surface area contributed by atoms with Crippen molar-refractivity contribution in [3.8, 4) is 11.5 Å². The first-order chi connectivity index (χ1) is 16.6. The average molecular weight is 460 g/mol. The van der Waals surface area contributed by atoms with Crippen molar-refractivity contribution in [1.82, 2.24) is 29.1 Å². The van der Waals surface area contributed by atoms with E-state index >= 15 is 0 Å². The van der Waals surface area contributed by atoms with Crippen LogP contribution in [0, 0.1) is 5.82 Å². The molecule has 1 fully saturated rings. The number of fused-ring (bicyclic) bond motifs is 3. The third-order valence-electron chi connectivity index (χ3n) is 6.59. The Labute approximate surface area is 192 Å². The van der Waals surface area contributed by atoms with Crippen LogP contribution in [0.4, 0.5) is 4.39 Å². The van der Waals surface area contributed by atoms with Crippen LogP contribution in [-0.2, 0) is 16.9 Å². The fourth-order valence-electron chi connectivity index (χ4n) is 4.85. The number of methoxy groups -OCH3 is 1. The number of halogens is 1. The standard InChI is InChI=1S/C24H21FN6O3/c1-33-24(10-3-4-11-24)23-28-21(29-34-23)18-20-22(32)30(13-15-7-2-5-12-26-15)19-16(25)8-6-9-17(19)31(20)14-27-18/h2,5-9,12,14H,3-4,10-11,13H2,1H3. The number of hydrogen-bond acceptors (Lipinski definition) is 7. The summed E-state index contributed by atoms with van der Waals surface area (Å²) >= 11 is 0. The van der Waals surface area contributed by atoms with Crippen molar-refractivity contribution in [2.75, 3.05) is 7.11 Å². The van der Waals surface area contributed by atoms with Gasteiger partial charge in [0.05, 0.1) is 17.8 Å². The van der Waals surface area contributed by atoms with Gasteiger partial charge >= 0.3 is 0 Å². The first-order valence-electron chi connectivity index (χ1n) is 11.1. The Morgan fingerprint density at radius 3 is 2.74 bits per heavy atom. The number of ether oxygens (including phenoxy) is 1. The Morgan fingerprint density at radius 2 is 1.97 bits per heavy atom. The van der Waals surface area contributed by atoms with E-state index in [1.54, 1.807) is 42.0 Å². The molecule has 4 heterocycles. The molecule has 0 amide bonds. The van der Waals surface area contributed by atoms with Gasteiger partial charge in [0.15, 0.2) is 0 Å². The van der Waals surface area contributed by atoms with Gasteiger partial charge in [-0.3, -0.25) is 18.7 Å². The average Bonchev–Trinajstić information content (AvgIpc) is 3.62. The van der Waals surface area contributed by atoms with Gasteiger partial charge < -0.3 is 9.26 Å². The second-order valence-electron chi connectivity index (χ2n) is 8.46. The van der Waals surface area contributed by atoms with Gasteiger partial charge in [0.2, 0.25) is 5.82 Å². The lowest BCUT2D eigenvalue weighted by Gasteiger charge is -2.21. The van der Waals surface area contributed by atoms with E-state index in [9.17, 15) is 9.18 Å². The molecule has 0 N–H and O–H groups in total. The molecular weight excluding hydrogens is 439 g/mol. The Bertz CT molecular complexity index is 1570. The van der Waals surface area contributed by atoms with Gasteiger partial charge in [-0.15, -0.1) is 0 Å².